The number of rotatable bonds is 4. The lowest BCUT2D eigenvalue weighted by Gasteiger charge is -2.37. The van der Waals surface area contributed by atoms with Crippen LogP contribution in [0.4, 0.5) is 5.69 Å². The molecule has 1 spiro atoms. The molecule has 3 aromatic carbocycles. The minimum atomic E-state index is -0.526. The first-order valence-corrected chi connectivity index (χ1v) is 13.8. The maximum absolute atomic E-state index is 13.8. The molecule has 6 nitrogen and oxygen atoms in total. The van der Waals surface area contributed by atoms with Gasteiger partial charge in [-0.1, -0.05) is 71.9 Å². The number of amides is 2. The number of nitrogens with zero attached hydrogens (tertiary/aromatic N) is 2. The smallest absolute Gasteiger partial charge is 0.265 e. The Morgan fingerprint density at radius 3 is 2.47 bits per heavy atom. The second-order valence-corrected chi connectivity index (χ2v) is 11.1. The number of aryl methyl sites for hydroxylation is 1. The Kier molecular flexibility index (Phi) is 6.82. The van der Waals surface area contributed by atoms with Gasteiger partial charge in [0.25, 0.3) is 11.8 Å². The Morgan fingerprint density at radius 1 is 0.974 bits per heavy atom. The number of hydrogen-bond donors (Lipinski definition) is 0. The van der Waals surface area contributed by atoms with E-state index >= 15 is 0 Å². The summed E-state index contributed by atoms with van der Waals surface area (Å²) in [6.07, 6.45) is 3.28. The summed E-state index contributed by atoms with van der Waals surface area (Å²) in [4.78, 5) is 32.6. The molecule has 0 bridgehead atoms. The van der Waals surface area contributed by atoms with Crippen LogP contribution in [0.5, 0.6) is 0 Å². The number of anilines is 1. The number of likely N-dealkylation sites (tertiary alicyclic amines) is 1. The molecule has 3 aromatic rings. The molecule has 7 heteroatoms. The van der Waals surface area contributed by atoms with Crippen molar-refractivity contribution in [3.05, 3.63) is 100.0 Å². The van der Waals surface area contributed by atoms with Crippen LogP contribution in [0.1, 0.15) is 39.9 Å². The van der Waals surface area contributed by atoms with Crippen LogP contribution in [0.25, 0.3) is 6.08 Å². The number of benzene rings is 3. The molecular formula is C31H30N2O4S. The molecule has 3 heterocycles. The van der Waals surface area contributed by atoms with Gasteiger partial charge in [0.2, 0.25) is 0 Å². The van der Waals surface area contributed by atoms with Gasteiger partial charge in [-0.05, 0) is 42.3 Å². The van der Waals surface area contributed by atoms with E-state index in [-0.39, 0.29) is 11.8 Å². The number of fused-ring (bicyclic) bond motifs is 1. The highest BCUT2D eigenvalue weighted by atomic mass is 32.2. The summed E-state index contributed by atoms with van der Waals surface area (Å²) in [7, 11) is 0. The van der Waals surface area contributed by atoms with Crippen molar-refractivity contribution < 1.29 is 19.1 Å². The van der Waals surface area contributed by atoms with Crippen molar-refractivity contribution in [1.29, 1.82) is 0 Å². The zero-order valence-corrected chi connectivity index (χ0v) is 22.2. The molecule has 0 aromatic heterocycles. The highest BCUT2D eigenvalue weighted by Gasteiger charge is 2.41. The van der Waals surface area contributed by atoms with Gasteiger partial charge in [0.1, 0.15) is 0 Å². The van der Waals surface area contributed by atoms with Crippen LogP contribution < -0.4 is 4.90 Å². The fourth-order valence-electron chi connectivity index (χ4n) is 5.31. The van der Waals surface area contributed by atoms with Crippen molar-refractivity contribution in [2.45, 2.75) is 37.0 Å². The van der Waals surface area contributed by atoms with E-state index in [9.17, 15) is 9.59 Å². The van der Waals surface area contributed by atoms with Crippen LogP contribution in [-0.2, 0) is 20.8 Å². The third-order valence-corrected chi connectivity index (χ3v) is 8.40. The molecule has 0 radical (unpaired) electrons. The van der Waals surface area contributed by atoms with E-state index in [1.54, 1.807) is 4.90 Å². The van der Waals surface area contributed by atoms with Crippen molar-refractivity contribution >= 4 is 35.3 Å². The number of thioether (sulfide) groups is 1. The van der Waals surface area contributed by atoms with Crippen LogP contribution in [0.15, 0.2) is 82.6 Å². The first kappa shape index (κ1) is 24.9. The molecular weight excluding hydrogens is 496 g/mol. The predicted octanol–water partition coefficient (Wildman–Crippen LogP) is 5.65. The Labute approximate surface area is 227 Å². The highest BCUT2D eigenvalue weighted by Crippen LogP contribution is 2.43. The summed E-state index contributed by atoms with van der Waals surface area (Å²) in [5, 5.41) is 0. The second kappa shape index (κ2) is 10.4. The second-order valence-electron chi connectivity index (χ2n) is 9.98. The van der Waals surface area contributed by atoms with Crippen molar-refractivity contribution in [2.24, 2.45) is 0 Å². The SMILES string of the molecule is Cc1cccc(CN2C(=O)C(=Cc3ccccc3)Sc3ccc(C(=O)N4CCC5(CC4)OCCO5)cc32)c1. The van der Waals surface area contributed by atoms with E-state index in [1.807, 2.05) is 84.6 Å². The van der Waals surface area contributed by atoms with Crippen molar-refractivity contribution in [1.82, 2.24) is 4.90 Å². The van der Waals surface area contributed by atoms with Crippen molar-refractivity contribution in [2.75, 3.05) is 31.2 Å². The Balaban J connectivity index is 1.31. The predicted molar refractivity (Wildman–Crippen MR) is 149 cm³/mol. The summed E-state index contributed by atoms with van der Waals surface area (Å²) in [6, 6.07) is 23.8. The van der Waals surface area contributed by atoms with Crippen molar-refractivity contribution in [3.63, 3.8) is 0 Å². The van der Waals surface area contributed by atoms with Gasteiger partial charge in [-0.2, -0.15) is 0 Å². The fourth-order valence-corrected chi connectivity index (χ4v) is 6.35. The molecule has 0 atom stereocenters. The van der Waals surface area contributed by atoms with E-state index in [1.165, 1.54) is 11.8 Å². The van der Waals surface area contributed by atoms with E-state index in [0.717, 1.165) is 27.3 Å². The van der Waals surface area contributed by atoms with Crippen molar-refractivity contribution in [3.8, 4) is 0 Å². The van der Waals surface area contributed by atoms with Crippen LogP contribution in [-0.4, -0.2) is 48.8 Å². The van der Waals surface area contributed by atoms with Gasteiger partial charge < -0.3 is 19.3 Å². The molecule has 0 N–H and O–H groups in total. The highest BCUT2D eigenvalue weighted by molar-refractivity contribution is 8.04. The maximum Gasteiger partial charge on any atom is 0.265 e. The molecule has 2 saturated heterocycles. The van der Waals surface area contributed by atoms with Gasteiger partial charge in [-0.3, -0.25) is 9.59 Å². The Bertz CT molecular complexity index is 1390. The standard InChI is InChI=1S/C31H30N2O4S/c1-22-6-5-9-24(18-22)21-33-26-20-25(29(34)32-14-12-31(13-15-32)36-16-17-37-31)10-11-27(26)38-28(30(33)35)19-23-7-3-2-4-8-23/h2-11,18-20H,12-17,21H2,1H3. The average Bonchev–Trinajstić information content (AvgIpc) is 3.39. The lowest BCUT2D eigenvalue weighted by Crippen LogP contribution is -2.47. The summed E-state index contributed by atoms with van der Waals surface area (Å²) >= 11 is 1.46. The molecule has 0 saturated carbocycles. The molecule has 0 aliphatic carbocycles. The number of carbonyl (C=O) groups is 2. The molecule has 2 amide bonds. The van der Waals surface area contributed by atoms with Gasteiger partial charge in [0.15, 0.2) is 5.79 Å². The largest absolute Gasteiger partial charge is 0.347 e. The number of carbonyl (C=O) groups excluding carboxylic acids is 2. The monoisotopic (exact) mass is 526 g/mol. The van der Waals surface area contributed by atoms with Gasteiger partial charge in [-0.25, -0.2) is 0 Å². The summed E-state index contributed by atoms with van der Waals surface area (Å²) in [5.74, 6) is -0.617. The third-order valence-electron chi connectivity index (χ3n) is 7.32. The third kappa shape index (κ3) is 5.01. The summed E-state index contributed by atoms with van der Waals surface area (Å²) in [6.45, 7) is 4.87. The lowest BCUT2D eigenvalue weighted by molar-refractivity contribution is -0.181. The minimum absolute atomic E-state index is 0.0285. The van der Waals surface area contributed by atoms with E-state index in [2.05, 4.69) is 6.07 Å². The van der Waals surface area contributed by atoms with Crippen LogP contribution >= 0.6 is 11.8 Å². The number of piperidine rings is 1. The van der Waals surface area contributed by atoms with Crippen LogP contribution in [0, 0.1) is 6.92 Å². The molecule has 2 fully saturated rings. The summed E-state index contributed by atoms with van der Waals surface area (Å²) in [5.41, 5.74) is 4.53. The Hall–Kier alpha value is -3.39. The van der Waals surface area contributed by atoms with Gasteiger partial charge in [-0.15, -0.1) is 0 Å². The topological polar surface area (TPSA) is 59.1 Å². The number of ether oxygens (including phenoxy) is 2. The zero-order chi connectivity index (χ0) is 26.1. The minimum Gasteiger partial charge on any atom is -0.347 e. The van der Waals surface area contributed by atoms with Gasteiger partial charge in [0, 0.05) is 36.4 Å². The fraction of sp³-hybridized carbons (Fsp3) is 0.290. The average molecular weight is 527 g/mol. The van der Waals surface area contributed by atoms with E-state index in [4.69, 9.17) is 9.47 Å². The maximum atomic E-state index is 13.8. The molecule has 0 unspecified atom stereocenters. The van der Waals surface area contributed by atoms with E-state index < -0.39 is 5.79 Å². The summed E-state index contributed by atoms with van der Waals surface area (Å²) < 4.78 is 11.6. The van der Waals surface area contributed by atoms with Crippen LogP contribution in [0.3, 0.4) is 0 Å². The first-order valence-electron chi connectivity index (χ1n) is 13.0. The molecule has 6 rings (SSSR count). The molecule has 3 aliphatic rings. The molecule has 194 valence electrons. The molecule has 3 aliphatic heterocycles. The molecule has 38 heavy (non-hydrogen) atoms. The van der Waals surface area contributed by atoms with Gasteiger partial charge in [0.05, 0.1) is 30.4 Å². The van der Waals surface area contributed by atoms with Crippen LogP contribution in [0.2, 0.25) is 0 Å². The lowest BCUT2D eigenvalue weighted by atomic mass is 10.0. The van der Waals surface area contributed by atoms with E-state index in [0.29, 0.717) is 56.2 Å². The normalized spacial score (nSPS) is 19.7. The first-order chi connectivity index (χ1) is 18.5. The number of hydrogen-bond acceptors (Lipinski definition) is 5. The van der Waals surface area contributed by atoms with Gasteiger partial charge >= 0.3 is 0 Å². The zero-order valence-electron chi connectivity index (χ0n) is 21.4. The quantitative estimate of drug-likeness (QED) is 0.411. The Morgan fingerprint density at radius 2 is 1.74 bits per heavy atom.